The van der Waals surface area contributed by atoms with Gasteiger partial charge in [-0.1, -0.05) is 0 Å². The van der Waals surface area contributed by atoms with E-state index < -0.39 is 17.5 Å². The molecular weight excluding hydrogens is 293 g/mol. The van der Waals surface area contributed by atoms with Crippen LogP contribution in [0.15, 0.2) is 36.4 Å². The van der Waals surface area contributed by atoms with Crippen LogP contribution >= 0.6 is 0 Å². The molecule has 3 nitrogen and oxygen atoms in total. The third-order valence-corrected chi connectivity index (χ3v) is 3.28. The van der Waals surface area contributed by atoms with Crippen molar-refractivity contribution in [1.29, 1.82) is 0 Å². The number of aliphatic hydroxyl groups excluding tert-OH is 1. The Labute approximate surface area is 127 Å². The van der Waals surface area contributed by atoms with E-state index in [9.17, 15) is 13.2 Å². The molecule has 2 N–H and O–H groups in total. The Hall–Kier alpha value is -2.21. The molecule has 0 amide bonds. The first kappa shape index (κ1) is 16.2. The maximum atomic E-state index is 13.1. The number of hydrogen-bond donors (Lipinski definition) is 2. The lowest BCUT2D eigenvalue weighted by Crippen LogP contribution is -2.20. The van der Waals surface area contributed by atoms with E-state index in [2.05, 4.69) is 5.32 Å². The molecule has 0 atom stereocenters. The van der Waals surface area contributed by atoms with E-state index in [1.807, 2.05) is 36.2 Å². The van der Waals surface area contributed by atoms with Gasteiger partial charge in [0.2, 0.25) is 0 Å². The Kier molecular flexibility index (Phi) is 5.27. The second kappa shape index (κ2) is 7.17. The van der Waals surface area contributed by atoms with Gasteiger partial charge in [0.15, 0.2) is 17.5 Å². The summed E-state index contributed by atoms with van der Waals surface area (Å²) in [5.74, 6) is -3.85. The first-order valence-electron chi connectivity index (χ1n) is 6.80. The van der Waals surface area contributed by atoms with Crippen LogP contribution in [-0.4, -0.2) is 25.3 Å². The summed E-state index contributed by atoms with van der Waals surface area (Å²) in [5, 5.41) is 11.9. The highest BCUT2D eigenvalue weighted by molar-refractivity contribution is 5.54. The van der Waals surface area contributed by atoms with Gasteiger partial charge in [0.25, 0.3) is 0 Å². The van der Waals surface area contributed by atoms with E-state index in [0.29, 0.717) is 12.1 Å². The van der Waals surface area contributed by atoms with Crippen molar-refractivity contribution in [3.8, 4) is 0 Å². The fourth-order valence-electron chi connectivity index (χ4n) is 2.03. The van der Waals surface area contributed by atoms with E-state index in [-0.39, 0.29) is 13.2 Å². The smallest absolute Gasteiger partial charge is 0.194 e. The highest BCUT2D eigenvalue weighted by atomic mass is 19.2. The molecule has 2 aromatic carbocycles. The molecule has 0 aliphatic rings. The summed E-state index contributed by atoms with van der Waals surface area (Å²) in [6.45, 7) is 0.777. The molecule has 0 saturated carbocycles. The van der Waals surface area contributed by atoms with E-state index in [1.54, 1.807) is 0 Å². The van der Waals surface area contributed by atoms with E-state index in [4.69, 9.17) is 5.11 Å². The largest absolute Gasteiger partial charge is 0.395 e. The summed E-state index contributed by atoms with van der Waals surface area (Å²) in [6, 6.07) is 9.30. The molecule has 0 fully saturated rings. The van der Waals surface area contributed by atoms with Crippen molar-refractivity contribution in [2.75, 3.05) is 30.4 Å². The molecule has 2 aromatic rings. The first-order chi connectivity index (χ1) is 10.5. The summed E-state index contributed by atoms with van der Waals surface area (Å²) in [5.41, 5.74) is 2.03. The van der Waals surface area contributed by atoms with Crippen LogP contribution in [0.25, 0.3) is 0 Å². The van der Waals surface area contributed by atoms with Crippen LogP contribution in [0.3, 0.4) is 0 Å². The number of halogens is 3. The van der Waals surface area contributed by atoms with E-state index in [0.717, 1.165) is 23.5 Å². The molecule has 6 heteroatoms. The lowest BCUT2D eigenvalue weighted by Gasteiger charge is -2.18. The fraction of sp³-hybridized carbons (Fsp3) is 0.250. The zero-order valence-corrected chi connectivity index (χ0v) is 12.1. The fourth-order valence-corrected chi connectivity index (χ4v) is 2.03. The highest BCUT2D eigenvalue weighted by Crippen LogP contribution is 2.18. The lowest BCUT2D eigenvalue weighted by molar-refractivity contribution is 0.304. The molecule has 0 aliphatic heterocycles. The van der Waals surface area contributed by atoms with Crippen molar-refractivity contribution < 1.29 is 18.3 Å². The third-order valence-electron chi connectivity index (χ3n) is 3.28. The zero-order chi connectivity index (χ0) is 16.1. The standard InChI is InChI=1S/C16H17F3N2O/c1-21(6-7-22)13-4-2-12(3-5-13)20-10-11-8-14(17)16(19)15(18)9-11/h2-5,8-9,20,22H,6-7,10H2,1H3. The van der Waals surface area contributed by atoms with Gasteiger partial charge in [-0.05, 0) is 42.0 Å². The van der Waals surface area contributed by atoms with Crippen LogP contribution in [0.1, 0.15) is 5.56 Å². The van der Waals surface area contributed by atoms with Gasteiger partial charge in [-0.25, -0.2) is 13.2 Å². The maximum Gasteiger partial charge on any atom is 0.194 e. The summed E-state index contributed by atoms with van der Waals surface area (Å²) in [6.07, 6.45) is 0. The summed E-state index contributed by atoms with van der Waals surface area (Å²) < 4.78 is 39.1. The molecule has 0 aliphatic carbocycles. The Morgan fingerprint density at radius 1 is 1.05 bits per heavy atom. The van der Waals surface area contributed by atoms with Gasteiger partial charge in [-0.2, -0.15) is 0 Å². The molecule has 0 aromatic heterocycles. The van der Waals surface area contributed by atoms with E-state index >= 15 is 0 Å². The molecule has 0 spiro atoms. The third kappa shape index (κ3) is 3.92. The number of likely N-dealkylation sites (N-methyl/N-ethyl adjacent to an activating group) is 1. The minimum atomic E-state index is -1.46. The van der Waals surface area contributed by atoms with Crippen LogP contribution in [0.5, 0.6) is 0 Å². The van der Waals surface area contributed by atoms with Crippen LogP contribution in [0, 0.1) is 17.5 Å². The van der Waals surface area contributed by atoms with Gasteiger partial charge in [0, 0.05) is 31.5 Å². The molecule has 0 unspecified atom stereocenters. The minimum Gasteiger partial charge on any atom is -0.395 e. The summed E-state index contributed by atoms with van der Waals surface area (Å²) in [7, 11) is 1.86. The number of benzene rings is 2. The van der Waals surface area contributed by atoms with Crippen LogP contribution in [0.4, 0.5) is 24.5 Å². The van der Waals surface area contributed by atoms with Gasteiger partial charge in [0.05, 0.1) is 6.61 Å². The summed E-state index contributed by atoms with van der Waals surface area (Å²) >= 11 is 0. The molecule has 2 rings (SSSR count). The average Bonchev–Trinajstić information content (AvgIpc) is 2.51. The van der Waals surface area contributed by atoms with Gasteiger partial charge in [-0.3, -0.25) is 0 Å². The molecule has 118 valence electrons. The monoisotopic (exact) mass is 310 g/mol. The quantitative estimate of drug-likeness (QED) is 0.805. The van der Waals surface area contributed by atoms with E-state index in [1.165, 1.54) is 0 Å². The van der Waals surface area contributed by atoms with Gasteiger partial charge < -0.3 is 15.3 Å². The lowest BCUT2D eigenvalue weighted by atomic mass is 10.2. The Balaban J connectivity index is 2.00. The zero-order valence-electron chi connectivity index (χ0n) is 12.1. The second-order valence-corrected chi connectivity index (χ2v) is 4.92. The van der Waals surface area contributed by atoms with Gasteiger partial charge in [0.1, 0.15) is 0 Å². The number of hydrogen-bond acceptors (Lipinski definition) is 3. The van der Waals surface area contributed by atoms with Crippen molar-refractivity contribution in [3.05, 3.63) is 59.4 Å². The Morgan fingerprint density at radius 2 is 1.64 bits per heavy atom. The topological polar surface area (TPSA) is 35.5 Å². The summed E-state index contributed by atoms with van der Waals surface area (Å²) in [4.78, 5) is 1.90. The number of rotatable bonds is 6. The van der Waals surface area contributed by atoms with Crippen molar-refractivity contribution in [3.63, 3.8) is 0 Å². The predicted molar refractivity (Wildman–Crippen MR) is 80.4 cm³/mol. The SMILES string of the molecule is CN(CCO)c1ccc(NCc2cc(F)c(F)c(F)c2)cc1. The Morgan fingerprint density at radius 3 is 2.18 bits per heavy atom. The number of anilines is 2. The Bertz CT molecular complexity index is 609. The van der Waals surface area contributed by atoms with Crippen LogP contribution < -0.4 is 10.2 Å². The number of aliphatic hydroxyl groups is 1. The minimum absolute atomic E-state index is 0.0677. The normalized spacial score (nSPS) is 10.6. The van der Waals surface area contributed by atoms with Crippen molar-refractivity contribution >= 4 is 11.4 Å². The second-order valence-electron chi connectivity index (χ2n) is 4.92. The molecule has 0 bridgehead atoms. The first-order valence-corrected chi connectivity index (χ1v) is 6.80. The highest BCUT2D eigenvalue weighted by Gasteiger charge is 2.10. The molecule has 22 heavy (non-hydrogen) atoms. The van der Waals surface area contributed by atoms with Gasteiger partial charge >= 0.3 is 0 Å². The maximum absolute atomic E-state index is 13.1. The molecular formula is C16H17F3N2O. The number of nitrogens with zero attached hydrogens (tertiary/aromatic N) is 1. The average molecular weight is 310 g/mol. The van der Waals surface area contributed by atoms with Crippen molar-refractivity contribution in [2.45, 2.75) is 6.54 Å². The van der Waals surface area contributed by atoms with Crippen molar-refractivity contribution in [1.82, 2.24) is 0 Å². The molecule has 0 saturated heterocycles. The molecule has 0 heterocycles. The van der Waals surface area contributed by atoms with Crippen LogP contribution in [0.2, 0.25) is 0 Å². The predicted octanol–water partition coefficient (Wildman–Crippen LogP) is 3.14. The number of nitrogens with one attached hydrogen (secondary N) is 1. The van der Waals surface area contributed by atoms with Gasteiger partial charge in [-0.15, -0.1) is 0 Å². The van der Waals surface area contributed by atoms with Crippen LogP contribution in [-0.2, 0) is 6.54 Å². The molecule has 0 radical (unpaired) electrons. The van der Waals surface area contributed by atoms with Crippen molar-refractivity contribution in [2.24, 2.45) is 0 Å².